The number of aromatic nitrogens is 1. The van der Waals surface area contributed by atoms with Crippen molar-refractivity contribution in [1.82, 2.24) is 9.47 Å². The van der Waals surface area contributed by atoms with Crippen molar-refractivity contribution in [3.05, 3.63) is 65.4 Å². The summed E-state index contributed by atoms with van der Waals surface area (Å²) >= 11 is 0. The largest absolute Gasteiger partial charge is 0.469 e. The molecule has 210 valence electrons. The van der Waals surface area contributed by atoms with Crippen LogP contribution in [0.2, 0.25) is 0 Å². The Bertz CT molecular complexity index is 1440. The Labute approximate surface area is 232 Å². The van der Waals surface area contributed by atoms with E-state index in [-0.39, 0.29) is 43.4 Å². The van der Waals surface area contributed by atoms with Crippen molar-refractivity contribution in [3.8, 4) is 0 Å². The first-order valence-corrected chi connectivity index (χ1v) is 13.4. The number of nitrogens with one attached hydrogen (secondary N) is 1. The summed E-state index contributed by atoms with van der Waals surface area (Å²) in [5.41, 5.74) is 3.33. The lowest BCUT2D eigenvalue weighted by atomic mass is 9.99. The third-order valence-corrected chi connectivity index (χ3v) is 6.89. The number of hydrogen-bond donors (Lipinski definition) is 1. The number of ether oxygens (including phenoxy) is 2. The highest BCUT2D eigenvalue weighted by atomic mass is 16.5. The summed E-state index contributed by atoms with van der Waals surface area (Å²) in [6.45, 7) is 2.57. The van der Waals surface area contributed by atoms with E-state index in [1.165, 1.54) is 13.3 Å². The Morgan fingerprint density at radius 2 is 1.70 bits per heavy atom. The second-order valence-electron chi connectivity index (χ2n) is 9.61. The van der Waals surface area contributed by atoms with Gasteiger partial charge >= 0.3 is 11.9 Å². The lowest BCUT2D eigenvalue weighted by Gasteiger charge is -2.28. The van der Waals surface area contributed by atoms with E-state index in [1.807, 2.05) is 24.3 Å². The van der Waals surface area contributed by atoms with Gasteiger partial charge in [0.15, 0.2) is 0 Å². The van der Waals surface area contributed by atoms with Crippen molar-refractivity contribution >= 4 is 46.1 Å². The molecule has 1 aliphatic heterocycles. The Kier molecular flexibility index (Phi) is 9.31. The van der Waals surface area contributed by atoms with Gasteiger partial charge in [-0.2, -0.15) is 0 Å². The van der Waals surface area contributed by atoms with Gasteiger partial charge in [-0.15, -0.1) is 0 Å². The van der Waals surface area contributed by atoms with E-state index in [4.69, 9.17) is 4.74 Å². The summed E-state index contributed by atoms with van der Waals surface area (Å²) in [6, 6.07) is 12.8. The number of rotatable bonds is 11. The molecular formula is C30H33N3O7. The van der Waals surface area contributed by atoms with Crippen LogP contribution >= 0.6 is 0 Å². The fourth-order valence-electron chi connectivity index (χ4n) is 4.84. The molecule has 10 nitrogen and oxygen atoms in total. The Balaban J connectivity index is 1.55. The van der Waals surface area contributed by atoms with E-state index in [9.17, 15) is 24.0 Å². The molecule has 10 heteroatoms. The summed E-state index contributed by atoms with van der Waals surface area (Å²) < 4.78 is 11.3. The Morgan fingerprint density at radius 3 is 2.45 bits per heavy atom. The van der Waals surface area contributed by atoms with Crippen LogP contribution in [0.5, 0.6) is 0 Å². The molecule has 0 unspecified atom stereocenters. The number of esters is 2. The zero-order chi connectivity index (χ0) is 28.6. The number of anilines is 1. The SMILES string of the molecule is CCOC(=O)Cn1cc(C(=O)C(=O)N2CCc3ccccc3C2)c2cc(NC(=O)CCCCC(=O)OC)ccc21. The van der Waals surface area contributed by atoms with E-state index in [1.54, 1.807) is 34.6 Å². The number of unbranched alkanes of at least 4 members (excludes halogenated alkanes) is 1. The standard InChI is InChI=1S/C30H33N3O7/c1-3-40-28(36)19-33-18-24(29(37)30(38)32-15-14-20-8-4-5-9-21(20)17-32)23-16-22(12-13-25(23)33)31-26(34)10-6-7-11-27(35)39-2/h4-5,8-9,12-13,16,18H,3,6-7,10-11,14-15,17,19H2,1-2H3,(H,31,34). The number of Topliss-reactive ketones (excluding diaryl/α,β-unsaturated/α-hetero) is 1. The average Bonchev–Trinajstić information content (AvgIpc) is 3.31. The monoisotopic (exact) mass is 547 g/mol. The van der Waals surface area contributed by atoms with Gasteiger partial charge in [-0.3, -0.25) is 24.0 Å². The number of fused-ring (bicyclic) bond motifs is 2. The maximum atomic E-state index is 13.5. The number of methoxy groups -OCH3 is 1. The molecule has 1 N–H and O–H groups in total. The Morgan fingerprint density at radius 1 is 0.950 bits per heavy atom. The molecule has 4 rings (SSSR count). The molecule has 2 amide bonds. The maximum absolute atomic E-state index is 13.5. The molecule has 0 bridgehead atoms. The molecule has 0 saturated carbocycles. The van der Waals surface area contributed by atoms with Gasteiger partial charge in [0, 0.05) is 48.7 Å². The third kappa shape index (κ3) is 6.74. The summed E-state index contributed by atoms with van der Waals surface area (Å²) in [7, 11) is 1.32. The number of nitrogens with zero attached hydrogens (tertiary/aromatic N) is 2. The molecule has 40 heavy (non-hydrogen) atoms. The van der Waals surface area contributed by atoms with E-state index in [0.717, 1.165) is 11.1 Å². The van der Waals surface area contributed by atoms with E-state index >= 15 is 0 Å². The molecule has 0 saturated heterocycles. The highest BCUT2D eigenvalue weighted by molar-refractivity contribution is 6.45. The fraction of sp³-hybridized carbons (Fsp3) is 0.367. The van der Waals surface area contributed by atoms with Crippen molar-refractivity contribution in [2.24, 2.45) is 0 Å². The normalized spacial score (nSPS) is 12.5. The van der Waals surface area contributed by atoms with Crippen molar-refractivity contribution in [3.63, 3.8) is 0 Å². The molecule has 0 spiro atoms. The van der Waals surface area contributed by atoms with Crippen molar-refractivity contribution in [2.45, 2.75) is 52.1 Å². The van der Waals surface area contributed by atoms with Crippen LogP contribution in [0.25, 0.3) is 10.9 Å². The smallest absolute Gasteiger partial charge is 0.325 e. The minimum Gasteiger partial charge on any atom is -0.469 e. The molecule has 2 aromatic carbocycles. The van der Waals surface area contributed by atoms with E-state index < -0.39 is 17.7 Å². The molecule has 2 heterocycles. The molecular weight excluding hydrogens is 514 g/mol. The predicted molar refractivity (Wildman–Crippen MR) is 148 cm³/mol. The summed E-state index contributed by atoms with van der Waals surface area (Å²) in [5.74, 6) is -2.34. The molecule has 0 atom stereocenters. The van der Waals surface area contributed by atoms with Crippen molar-refractivity contribution < 1.29 is 33.4 Å². The van der Waals surface area contributed by atoms with Crippen molar-refractivity contribution in [2.75, 3.05) is 25.6 Å². The molecule has 0 fully saturated rings. The van der Waals surface area contributed by atoms with Crippen LogP contribution in [0, 0.1) is 0 Å². The fourth-order valence-corrected chi connectivity index (χ4v) is 4.84. The minimum atomic E-state index is -0.682. The van der Waals surface area contributed by atoms with Gasteiger partial charge in [-0.05, 0) is 55.5 Å². The highest BCUT2D eigenvalue weighted by Crippen LogP contribution is 2.27. The molecule has 0 aliphatic carbocycles. The number of carbonyl (C=O) groups excluding carboxylic acids is 5. The van der Waals surface area contributed by atoms with Gasteiger partial charge in [0.1, 0.15) is 6.54 Å². The number of carbonyl (C=O) groups is 5. The summed E-state index contributed by atoms with van der Waals surface area (Å²) in [6.07, 6.45) is 3.65. The zero-order valence-corrected chi connectivity index (χ0v) is 22.7. The lowest BCUT2D eigenvalue weighted by molar-refractivity contribution is -0.144. The second-order valence-corrected chi connectivity index (χ2v) is 9.61. The predicted octanol–water partition coefficient (Wildman–Crippen LogP) is 3.64. The van der Waals surface area contributed by atoms with Gasteiger partial charge in [-0.1, -0.05) is 24.3 Å². The minimum absolute atomic E-state index is 0.130. The van der Waals surface area contributed by atoms with Crippen LogP contribution in [0.3, 0.4) is 0 Å². The lowest BCUT2D eigenvalue weighted by Crippen LogP contribution is -2.40. The first-order chi connectivity index (χ1) is 19.3. The van der Waals surface area contributed by atoms with Gasteiger partial charge in [0.25, 0.3) is 11.7 Å². The van der Waals surface area contributed by atoms with Crippen LogP contribution in [0.4, 0.5) is 5.69 Å². The molecule has 1 aliphatic rings. The Hall–Kier alpha value is -4.47. The van der Waals surface area contributed by atoms with Crippen LogP contribution in [0.15, 0.2) is 48.7 Å². The number of amides is 2. The number of ketones is 1. The van der Waals surface area contributed by atoms with Gasteiger partial charge < -0.3 is 24.3 Å². The number of benzene rings is 2. The zero-order valence-electron chi connectivity index (χ0n) is 22.7. The first kappa shape index (κ1) is 28.5. The van der Waals surface area contributed by atoms with Crippen LogP contribution in [-0.4, -0.2) is 59.3 Å². The highest BCUT2D eigenvalue weighted by Gasteiger charge is 2.29. The van der Waals surface area contributed by atoms with Gasteiger partial charge in [-0.25, -0.2) is 0 Å². The molecule has 0 radical (unpaired) electrons. The van der Waals surface area contributed by atoms with Crippen LogP contribution in [-0.2, 0) is 48.2 Å². The van der Waals surface area contributed by atoms with Gasteiger partial charge in [0.05, 0.1) is 19.3 Å². The van der Waals surface area contributed by atoms with E-state index in [0.29, 0.717) is 48.9 Å². The van der Waals surface area contributed by atoms with Crippen LogP contribution in [0.1, 0.15) is 54.1 Å². The van der Waals surface area contributed by atoms with E-state index in [2.05, 4.69) is 10.1 Å². The maximum Gasteiger partial charge on any atom is 0.325 e. The first-order valence-electron chi connectivity index (χ1n) is 13.4. The molecule has 3 aromatic rings. The quantitative estimate of drug-likeness (QED) is 0.168. The second kappa shape index (κ2) is 13.1. The third-order valence-electron chi connectivity index (χ3n) is 6.89. The average molecular weight is 548 g/mol. The topological polar surface area (TPSA) is 124 Å². The molecule has 1 aromatic heterocycles. The van der Waals surface area contributed by atoms with Crippen molar-refractivity contribution in [1.29, 1.82) is 0 Å². The summed E-state index contributed by atoms with van der Waals surface area (Å²) in [4.78, 5) is 64.4. The van der Waals surface area contributed by atoms with Gasteiger partial charge in [0.2, 0.25) is 5.91 Å². The summed E-state index contributed by atoms with van der Waals surface area (Å²) in [5, 5.41) is 3.26. The number of hydrogen-bond acceptors (Lipinski definition) is 7. The van der Waals surface area contributed by atoms with Crippen LogP contribution < -0.4 is 5.32 Å².